The van der Waals surface area contributed by atoms with Crippen LogP contribution in [-0.4, -0.2) is 46.2 Å². The molecule has 0 spiro atoms. The van der Waals surface area contributed by atoms with Crippen molar-refractivity contribution in [2.45, 2.75) is 10.9 Å². The second kappa shape index (κ2) is 8.22. The monoisotopic (exact) mass is 382 g/mol. The van der Waals surface area contributed by atoms with Crippen molar-refractivity contribution in [1.82, 2.24) is 9.62 Å². The highest BCUT2D eigenvalue weighted by molar-refractivity contribution is 7.89. The summed E-state index contributed by atoms with van der Waals surface area (Å²) in [6, 6.07) is 11.6. The van der Waals surface area contributed by atoms with E-state index >= 15 is 0 Å². The molecule has 1 saturated heterocycles. The largest absolute Gasteiger partial charge is 0.379 e. The van der Waals surface area contributed by atoms with Crippen molar-refractivity contribution >= 4 is 10.0 Å². The van der Waals surface area contributed by atoms with Gasteiger partial charge in [0.1, 0.15) is 11.6 Å². The van der Waals surface area contributed by atoms with Gasteiger partial charge in [0, 0.05) is 31.7 Å². The summed E-state index contributed by atoms with van der Waals surface area (Å²) >= 11 is 0. The molecular formula is C18H20F2N2O3S. The minimum Gasteiger partial charge on any atom is -0.379 e. The molecule has 140 valence electrons. The summed E-state index contributed by atoms with van der Waals surface area (Å²) in [6.07, 6.45) is 0. The predicted octanol–water partition coefficient (Wildman–Crippen LogP) is 2.32. The molecule has 0 saturated carbocycles. The van der Waals surface area contributed by atoms with E-state index in [4.69, 9.17) is 4.74 Å². The number of rotatable bonds is 6. The first-order valence-corrected chi connectivity index (χ1v) is 9.76. The number of benzene rings is 2. The van der Waals surface area contributed by atoms with Gasteiger partial charge < -0.3 is 4.74 Å². The minimum absolute atomic E-state index is 0.0878. The van der Waals surface area contributed by atoms with Gasteiger partial charge in [-0.25, -0.2) is 21.9 Å². The molecule has 3 rings (SSSR count). The van der Waals surface area contributed by atoms with Crippen LogP contribution in [0.15, 0.2) is 53.4 Å². The molecule has 0 bridgehead atoms. The van der Waals surface area contributed by atoms with Gasteiger partial charge >= 0.3 is 0 Å². The zero-order valence-electron chi connectivity index (χ0n) is 14.1. The lowest BCUT2D eigenvalue weighted by atomic mass is 10.1. The zero-order valence-corrected chi connectivity index (χ0v) is 14.9. The smallest absolute Gasteiger partial charge is 0.240 e. The first-order valence-electron chi connectivity index (χ1n) is 8.28. The highest BCUT2D eigenvalue weighted by atomic mass is 32.2. The SMILES string of the molecule is O=S(=O)(NC[C@H](c1ccccc1)N1CCOCC1)c1cc(F)cc(F)c1. The van der Waals surface area contributed by atoms with Crippen LogP contribution in [0.4, 0.5) is 8.78 Å². The Kier molecular flexibility index (Phi) is 5.98. The number of nitrogens with zero attached hydrogens (tertiary/aromatic N) is 1. The third-order valence-electron chi connectivity index (χ3n) is 4.28. The zero-order chi connectivity index (χ0) is 18.6. The number of ether oxygens (including phenoxy) is 1. The summed E-state index contributed by atoms with van der Waals surface area (Å²) in [6.45, 7) is 2.59. The molecule has 0 aromatic heterocycles. The van der Waals surface area contributed by atoms with E-state index in [1.165, 1.54) is 0 Å². The quantitative estimate of drug-likeness (QED) is 0.833. The van der Waals surface area contributed by atoms with Crippen LogP contribution in [0.25, 0.3) is 0 Å². The third kappa shape index (κ3) is 4.64. The molecule has 1 heterocycles. The summed E-state index contributed by atoms with van der Waals surface area (Å²) in [5.74, 6) is -1.86. The van der Waals surface area contributed by atoms with Crippen molar-refractivity contribution in [3.05, 3.63) is 65.7 Å². The Bertz CT molecular complexity index is 821. The summed E-state index contributed by atoms with van der Waals surface area (Å²) in [7, 11) is -4.03. The molecule has 26 heavy (non-hydrogen) atoms. The lowest BCUT2D eigenvalue weighted by molar-refractivity contribution is 0.0172. The Morgan fingerprint density at radius 1 is 1.04 bits per heavy atom. The Morgan fingerprint density at radius 3 is 2.27 bits per heavy atom. The van der Waals surface area contributed by atoms with Crippen LogP contribution in [0.5, 0.6) is 0 Å². The van der Waals surface area contributed by atoms with E-state index in [-0.39, 0.29) is 12.6 Å². The van der Waals surface area contributed by atoms with Crippen LogP contribution in [0, 0.1) is 11.6 Å². The van der Waals surface area contributed by atoms with Crippen molar-refractivity contribution in [2.75, 3.05) is 32.8 Å². The molecular weight excluding hydrogens is 362 g/mol. The summed E-state index contributed by atoms with van der Waals surface area (Å²) in [4.78, 5) is 1.71. The van der Waals surface area contributed by atoms with Gasteiger partial charge in [-0.15, -0.1) is 0 Å². The summed E-state index contributed by atoms with van der Waals surface area (Å²) in [5.41, 5.74) is 0.961. The van der Waals surface area contributed by atoms with Crippen LogP contribution in [-0.2, 0) is 14.8 Å². The lowest BCUT2D eigenvalue weighted by Gasteiger charge is -2.34. The van der Waals surface area contributed by atoms with Crippen LogP contribution >= 0.6 is 0 Å². The van der Waals surface area contributed by atoms with Gasteiger partial charge in [-0.2, -0.15) is 0 Å². The van der Waals surface area contributed by atoms with Gasteiger partial charge in [0.15, 0.2) is 0 Å². The van der Waals surface area contributed by atoms with Gasteiger partial charge in [0.05, 0.1) is 18.1 Å². The van der Waals surface area contributed by atoms with E-state index in [0.717, 1.165) is 17.7 Å². The van der Waals surface area contributed by atoms with Gasteiger partial charge in [-0.1, -0.05) is 30.3 Å². The highest BCUT2D eigenvalue weighted by Crippen LogP contribution is 2.22. The summed E-state index contributed by atoms with van der Waals surface area (Å²) < 4.78 is 59.5. The minimum atomic E-state index is -4.03. The molecule has 1 aliphatic rings. The number of morpholine rings is 1. The normalized spacial score (nSPS) is 17.2. The van der Waals surface area contributed by atoms with Gasteiger partial charge in [-0.05, 0) is 17.7 Å². The van der Waals surface area contributed by atoms with E-state index in [1.807, 2.05) is 30.3 Å². The van der Waals surface area contributed by atoms with Gasteiger partial charge in [0.2, 0.25) is 10.0 Å². The first kappa shape index (κ1) is 18.9. The topological polar surface area (TPSA) is 58.6 Å². The van der Waals surface area contributed by atoms with Crippen molar-refractivity contribution < 1.29 is 21.9 Å². The highest BCUT2D eigenvalue weighted by Gasteiger charge is 2.25. The number of nitrogens with one attached hydrogen (secondary N) is 1. The molecule has 0 aliphatic carbocycles. The lowest BCUT2D eigenvalue weighted by Crippen LogP contribution is -2.43. The average Bonchev–Trinajstić information content (AvgIpc) is 2.63. The van der Waals surface area contributed by atoms with E-state index in [0.29, 0.717) is 32.4 Å². The molecule has 0 radical (unpaired) electrons. The molecule has 8 heteroatoms. The second-order valence-corrected chi connectivity index (χ2v) is 7.80. The van der Waals surface area contributed by atoms with Crippen LogP contribution in [0.2, 0.25) is 0 Å². The standard InChI is InChI=1S/C18H20F2N2O3S/c19-15-10-16(20)12-17(11-15)26(23,24)21-13-18(14-4-2-1-3-5-14)22-6-8-25-9-7-22/h1-5,10-12,18,21H,6-9,13H2/t18-/m1/s1. The third-order valence-corrected chi connectivity index (χ3v) is 5.69. The Morgan fingerprint density at radius 2 is 1.65 bits per heavy atom. The fourth-order valence-corrected chi connectivity index (χ4v) is 4.06. The van der Waals surface area contributed by atoms with E-state index in [9.17, 15) is 17.2 Å². The molecule has 0 amide bonds. The number of hydrogen-bond acceptors (Lipinski definition) is 4. The molecule has 5 nitrogen and oxygen atoms in total. The number of hydrogen-bond donors (Lipinski definition) is 1. The molecule has 1 N–H and O–H groups in total. The van der Waals surface area contributed by atoms with Crippen LogP contribution in [0.1, 0.15) is 11.6 Å². The van der Waals surface area contributed by atoms with Crippen molar-refractivity contribution in [3.8, 4) is 0 Å². The average molecular weight is 382 g/mol. The van der Waals surface area contributed by atoms with Gasteiger partial charge in [0.25, 0.3) is 0 Å². The van der Waals surface area contributed by atoms with Crippen LogP contribution in [0.3, 0.4) is 0 Å². The second-order valence-electron chi connectivity index (χ2n) is 6.03. The van der Waals surface area contributed by atoms with Crippen molar-refractivity contribution in [3.63, 3.8) is 0 Å². The fourth-order valence-electron chi connectivity index (χ4n) is 2.98. The van der Waals surface area contributed by atoms with E-state index in [2.05, 4.69) is 9.62 Å². The maximum atomic E-state index is 13.4. The Balaban J connectivity index is 1.80. The first-order chi connectivity index (χ1) is 12.5. The summed E-state index contributed by atoms with van der Waals surface area (Å²) in [5, 5.41) is 0. The van der Waals surface area contributed by atoms with Gasteiger partial charge in [-0.3, -0.25) is 4.90 Å². The molecule has 1 aliphatic heterocycles. The number of halogens is 2. The Hall–Kier alpha value is -1.87. The molecule has 1 fully saturated rings. The maximum absolute atomic E-state index is 13.4. The fraction of sp³-hybridized carbons (Fsp3) is 0.333. The van der Waals surface area contributed by atoms with E-state index < -0.39 is 26.6 Å². The molecule has 1 atom stereocenters. The molecule has 2 aromatic carbocycles. The van der Waals surface area contributed by atoms with Crippen molar-refractivity contribution in [1.29, 1.82) is 0 Å². The van der Waals surface area contributed by atoms with Crippen LogP contribution < -0.4 is 4.72 Å². The predicted molar refractivity (Wildman–Crippen MR) is 93.1 cm³/mol. The Labute approximate surface area is 151 Å². The maximum Gasteiger partial charge on any atom is 0.240 e. The molecule has 2 aromatic rings. The number of sulfonamides is 1. The molecule has 0 unspecified atom stereocenters. The van der Waals surface area contributed by atoms with E-state index in [1.54, 1.807) is 0 Å². The van der Waals surface area contributed by atoms with Crippen molar-refractivity contribution in [2.24, 2.45) is 0 Å².